The van der Waals surface area contributed by atoms with Crippen LogP contribution in [0.1, 0.15) is 12.8 Å². The average Bonchev–Trinajstić information content (AvgIpc) is 1.95. The quantitative estimate of drug-likeness (QED) is 0.518. The molecule has 1 aliphatic rings. The largest absolute Gasteiger partial charge is 0.478 e. The molecule has 2 N–H and O–H groups in total. The van der Waals surface area contributed by atoms with Crippen molar-refractivity contribution in [2.75, 3.05) is 6.54 Å². The number of carboxylic acids is 1. The fourth-order valence-electron chi connectivity index (χ4n) is 0.992. The van der Waals surface area contributed by atoms with Gasteiger partial charge in [-0.15, -0.1) is 0 Å². The van der Waals surface area contributed by atoms with Gasteiger partial charge in [0.1, 0.15) is 0 Å². The first-order valence-electron chi connectivity index (χ1n) is 3.28. The van der Waals surface area contributed by atoms with Gasteiger partial charge >= 0.3 is 5.97 Å². The fourth-order valence-corrected chi connectivity index (χ4v) is 0.992. The lowest BCUT2D eigenvalue weighted by Crippen LogP contribution is -2.53. The second-order valence-electron chi connectivity index (χ2n) is 2.47. The molecule has 0 aromatic carbocycles. The first-order chi connectivity index (χ1) is 5.07. The third kappa shape index (κ3) is 1.18. The number of rotatable bonds is 1. The molecular formula is C6H8FNO3. The molecule has 0 aromatic rings. The first kappa shape index (κ1) is 7.97. The summed E-state index contributed by atoms with van der Waals surface area (Å²) in [5.74, 6) is -2.73. The van der Waals surface area contributed by atoms with E-state index in [1.807, 2.05) is 0 Å². The van der Waals surface area contributed by atoms with Gasteiger partial charge in [0.25, 0.3) is 11.6 Å². The van der Waals surface area contributed by atoms with Gasteiger partial charge < -0.3 is 10.4 Å². The molecule has 1 amide bonds. The molecule has 1 atom stereocenters. The predicted molar refractivity (Wildman–Crippen MR) is 33.7 cm³/mol. The summed E-state index contributed by atoms with van der Waals surface area (Å²) in [5, 5.41) is 10.5. The van der Waals surface area contributed by atoms with Gasteiger partial charge in [-0.3, -0.25) is 4.79 Å². The standard InChI is InChI=1S/C6H8FNO3/c7-6(5(10)11)2-1-3-8-4(6)9/h1-3H2,(H,8,9)(H,10,11). The van der Waals surface area contributed by atoms with Crippen LogP contribution in [-0.2, 0) is 9.59 Å². The van der Waals surface area contributed by atoms with Crippen molar-refractivity contribution in [1.82, 2.24) is 5.32 Å². The summed E-state index contributed by atoms with van der Waals surface area (Å²) in [4.78, 5) is 20.9. The van der Waals surface area contributed by atoms with Crippen LogP contribution in [0, 0.1) is 0 Å². The Morgan fingerprint density at radius 2 is 2.36 bits per heavy atom. The van der Waals surface area contributed by atoms with Gasteiger partial charge in [-0.2, -0.15) is 0 Å². The van der Waals surface area contributed by atoms with Gasteiger partial charge in [0.2, 0.25) is 0 Å². The highest BCUT2D eigenvalue weighted by Gasteiger charge is 2.48. The summed E-state index contributed by atoms with van der Waals surface area (Å²) < 4.78 is 13.1. The van der Waals surface area contributed by atoms with Gasteiger partial charge in [0.15, 0.2) is 0 Å². The van der Waals surface area contributed by atoms with E-state index in [1.54, 1.807) is 0 Å². The Morgan fingerprint density at radius 1 is 1.73 bits per heavy atom. The number of hydrogen-bond donors (Lipinski definition) is 2. The smallest absolute Gasteiger partial charge is 0.351 e. The predicted octanol–water partition coefficient (Wildman–Crippen LogP) is -0.311. The van der Waals surface area contributed by atoms with E-state index >= 15 is 0 Å². The van der Waals surface area contributed by atoms with Crippen LogP contribution in [0.5, 0.6) is 0 Å². The zero-order valence-electron chi connectivity index (χ0n) is 5.76. The van der Waals surface area contributed by atoms with Crippen molar-refractivity contribution in [3.05, 3.63) is 0 Å². The lowest BCUT2D eigenvalue weighted by molar-refractivity contribution is -0.160. The zero-order valence-corrected chi connectivity index (χ0v) is 5.76. The van der Waals surface area contributed by atoms with E-state index in [9.17, 15) is 14.0 Å². The minimum absolute atomic E-state index is 0.228. The lowest BCUT2D eigenvalue weighted by atomic mass is 9.95. The highest BCUT2D eigenvalue weighted by molar-refractivity contribution is 6.05. The van der Waals surface area contributed by atoms with Crippen molar-refractivity contribution in [1.29, 1.82) is 0 Å². The average molecular weight is 161 g/mol. The van der Waals surface area contributed by atoms with Crippen LogP contribution in [0.25, 0.3) is 0 Å². The van der Waals surface area contributed by atoms with Crippen LogP contribution >= 0.6 is 0 Å². The number of carbonyl (C=O) groups is 2. The molecule has 11 heavy (non-hydrogen) atoms. The van der Waals surface area contributed by atoms with E-state index in [0.717, 1.165) is 0 Å². The van der Waals surface area contributed by atoms with Crippen LogP contribution < -0.4 is 5.32 Å². The number of hydrogen-bond acceptors (Lipinski definition) is 2. The number of piperidine rings is 1. The van der Waals surface area contributed by atoms with Crippen molar-refractivity contribution in [2.45, 2.75) is 18.5 Å². The number of carboxylic acid groups (broad SMARTS) is 1. The molecule has 4 nitrogen and oxygen atoms in total. The van der Waals surface area contributed by atoms with Crippen molar-refractivity contribution in [3.8, 4) is 0 Å². The summed E-state index contributed by atoms with van der Waals surface area (Å²) in [6.45, 7) is 0.359. The second kappa shape index (κ2) is 2.48. The highest BCUT2D eigenvalue weighted by atomic mass is 19.1. The van der Waals surface area contributed by atoms with Crippen molar-refractivity contribution in [3.63, 3.8) is 0 Å². The normalized spacial score (nSPS) is 31.2. The van der Waals surface area contributed by atoms with Crippen LogP contribution in [0.3, 0.4) is 0 Å². The Balaban J connectivity index is 2.81. The van der Waals surface area contributed by atoms with Crippen molar-refractivity contribution >= 4 is 11.9 Å². The van der Waals surface area contributed by atoms with Gasteiger partial charge in [0, 0.05) is 13.0 Å². The maximum Gasteiger partial charge on any atom is 0.351 e. The monoisotopic (exact) mass is 161 g/mol. The molecule has 0 aliphatic carbocycles. The molecule has 0 spiro atoms. The highest BCUT2D eigenvalue weighted by Crippen LogP contribution is 2.21. The minimum atomic E-state index is -2.70. The maximum atomic E-state index is 13.1. The number of alkyl halides is 1. The Kier molecular flexibility index (Phi) is 1.80. The number of aliphatic carboxylic acids is 1. The first-order valence-corrected chi connectivity index (χ1v) is 3.28. The third-order valence-corrected chi connectivity index (χ3v) is 1.68. The van der Waals surface area contributed by atoms with E-state index in [4.69, 9.17) is 5.11 Å². The molecule has 0 saturated carbocycles. The van der Waals surface area contributed by atoms with E-state index in [1.165, 1.54) is 0 Å². The molecule has 0 aromatic heterocycles. The van der Waals surface area contributed by atoms with Crippen molar-refractivity contribution in [2.24, 2.45) is 0 Å². The van der Waals surface area contributed by atoms with E-state index in [-0.39, 0.29) is 6.42 Å². The van der Waals surface area contributed by atoms with Crippen LogP contribution in [0.4, 0.5) is 4.39 Å². The molecule has 1 aliphatic heterocycles. The Hall–Kier alpha value is -1.13. The van der Waals surface area contributed by atoms with E-state index in [0.29, 0.717) is 13.0 Å². The van der Waals surface area contributed by atoms with Gasteiger partial charge in [-0.1, -0.05) is 0 Å². The Labute approximate surface area is 62.4 Å². The Bertz CT molecular complexity index is 206. The SMILES string of the molecule is O=C(O)C1(F)CCCNC1=O. The summed E-state index contributed by atoms with van der Waals surface area (Å²) in [7, 11) is 0. The molecule has 1 fully saturated rings. The molecule has 0 bridgehead atoms. The summed E-state index contributed by atoms with van der Waals surface area (Å²) in [6.07, 6.45) is 0.142. The third-order valence-electron chi connectivity index (χ3n) is 1.68. The lowest BCUT2D eigenvalue weighted by Gasteiger charge is -2.24. The van der Waals surface area contributed by atoms with E-state index in [2.05, 4.69) is 5.32 Å². The van der Waals surface area contributed by atoms with Gasteiger partial charge in [-0.25, -0.2) is 9.18 Å². The second-order valence-corrected chi connectivity index (χ2v) is 2.47. The van der Waals surface area contributed by atoms with Crippen LogP contribution in [-0.4, -0.2) is 29.2 Å². The number of amides is 1. The van der Waals surface area contributed by atoms with Crippen LogP contribution in [0.2, 0.25) is 0 Å². The Morgan fingerprint density at radius 3 is 2.73 bits per heavy atom. The summed E-state index contributed by atoms with van der Waals surface area (Å²) in [6, 6.07) is 0. The summed E-state index contributed by atoms with van der Waals surface area (Å²) >= 11 is 0. The zero-order chi connectivity index (χ0) is 8.48. The molecule has 0 radical (unpaired) electrons. The van der Waals surface area contributed by atoms with Crippen LogP contribution in [0.15, 0.2) is 0 Å². The van der Waals surface area contributed by atoms with Gasteiger partial charge in [0.05, 0.1) is 0 Å². The molecular weight excluding hydrogens is 153 g/mol. The topological polar surface area (TPSA) is 66.4 Å². The number of halogens is 1. The molecule has 62 valence electrons. The molecule has 1 rings (SSSR count). The van der Waals surface area contributed by atoms with Gasteiger partial charge in [-0.05, 0) is 6.42 Å². The molecule has 5 heteroatoms. The molecule has 1 unspecified atom stereocenters. The maximum absolute atomic E-state index is 13.1. The number of nitrogens with one attached hydrogen (secondary N) is 1. The fraction of sp³-hybridized carbons (Fsp3) is 0.667. The minimum Gasteiger partial charge on any atom is -0.478 e. The summed E-state index contributed by atoms with van der Waals surface area (Å²) in [5.41, 5.74) is -2.70. The molecule has 1 saturated heterocycles. The van der Waals surface area contributed by atoms with E-state index < -0.39 is 17.5 Å². The number of carbonyl (C=O) groups excluding carboxylic acids is 1. The molecule has 1 heterocycles. The van der Waals surface area contributed by atoms with Crippen molar-refractivity contribution < 1.29 is 19.1 Å².